The minimum absolute atomic E-state index is 0.0412. The van der Waals surface area contributed by atoms with Crippen molar-refractivity contribution < 1.29 is 4.79 Å². The summed E-state index contributed by atoms with van der Waals surface area (Å²) in [5, 5.41) is 3.81. The number of hydrogen-bond acceptors (Lipinski definition) is 2. The first-order chi connectivity index (χ1) is 11.6. The molecule has 0 aliphatic carbocycles. The molecule has 1 aliphatic heterocycles. The lowest BCUT2D eigenvalue weighted by Gasteiger charge is -2.18. The molecular formula is C18H13Cl2N3O. The zero-order valence-corrected chi connectivity index (χ0v) is 14.1. The van der Waals surface area contributed by atoms with E-state index in [9.17, 15) is 4.79 Å². The number of carbonyl (C=O) groups excluding carboxylic acids is 1. The molecule has 0 fully saturated rings. The quantitative estimate of drug-likeness (QED) is 0.749. The Bertz CT molecular complexity index is 949. The van der Waals surface area contributed by atoms with Crippen LogP contribution in [0, 0.1) is 0 Å². The molecule has 0 bridgehead atoms. The summed E-state index contributed by atoms with van der Waals surface area (Å²) in [4.78, 5) is 16.5. The molecule has 2 aromatic carbocycles. The molecule has 0 saturated heterocycles. The molecule has 0 saturated carbocycles. The lowest BCUT2D eigenvalue weighted by atomic mass is 9.99. The van der Waals surface area contributed by atoms with Crippen LogP contribution >= 0.6 is 23.2 Å². The van der Waals surface area contributed by atoms with Crippen LogP contribution in [0.1, 0.15) is 15.9 Å². The summed E-state index contributed by atoms with van der Waals surface area (Å²) in [6.07, 6.45) is 4.39. The number of nitrogens with one attached hydrogen (secondary N) is 1. The van der Waals surface area contributed by atoms with E-state index >= 15 is 0 Å². The molecule has 24 heavy (non-hydrogen) atoms. The summed E-state index contributed by atoms with van der Waals surface area (Å²) < 4.78 is 1.90. The van der Waals surface area contributed by atoms with E-state index in [2.05, 4.69) is 10.3 Å². The lowest BCUT2D eigenvalue weighted by Crippen LogP contribution is -2.31. The van der Waals surface area contributed by atoms with Gasteiger partial charge in [-0.05, 0) is 36.2 Å². The smallest absolute Gasteiger partial charge is 0.251 e. The van der Waals surface area contributed by atoms with Crippen molar-refractivity contribution in [2.45, 2.75) is 6.42 Å². The average Bonchev–Trinajstić information content (AvgIpc) is 3.07. The fourth-order valence-corrected chi connectivity index (χ4v) is 3.32. The van der Waals surface area contributed by atoms with Gasteiger partial charge >= 0.3 is 0 Å². The maximum atomic E-state index is 12.1. The van der Waals surface area contributed by atoms with Gasteiger partial charge in [0.05, 0.1) is 10.0 Å². The van der Waals surface area contributed by atoms with Crippen molar-refractivity contribution in [3.63, 3.8) is 0 Å². The van der Waals surface area contributed by atoms with Crippen molar-refractivity contribution in [2.24, 2.45) is 0 Å². The molecule has 6 heteroatoms. The van der Waals surface area contributed by atoms with Crippen LogP contribution in [-0.2, 0) is 6.42 Å². The van der Waals surface area contributed by atoms with E-state index in [1.54, 1.807) is 12.3 Å². The third-order valence-corrected chi connectivity index (χ3v) is 4.95. The monoisotopic (exact) mass is 357 g/mol. The molecule has 1 aromatic heterocycles. The second-order valence-electron chi connectivity index (χ2n) is 5.57. The summed E-state index contributed by atoms with van der Waals surface area (Å²) in [7, 11) is 0. The van der Waals surface area contributed by atoms with Gasteiger partial charge in [-0.3, -0.25) is 9.36 Å². The van der Waals surface area contributed by atoms with Gasteiger partial charge in [0.2, 0.25) is 0 Å². The molecule has 0 unspecified atom stereocenters. The van der Waals surface area contributed by atoms with Gasteiger partial charge in [-0.25, -0.2) is 4.98 Å². The Morgan fingerprint density at radius 1 is 1.12 bits per heavy atom. The second kappa shape index (κ2) is 5.96. The second-order valence-corrected chi connectivity index (χ2v) is 6.35. The number of hydrogen-bond donors (Lipinski definition) is 1. The van der Waals surface area contributed by atoms with Crippen LogP contribution in [-0.4, -0.2) is 22.0 Å². The van der Waals surface area contributed by atoms with Crippen molar-refractivity contribution >= 4 is 29.1 Å². The number of imidazole rings is 1. The third-order valence-electron chi connectivity index (χ3n) is 4.13. The Balaban J connectivity index is 1.85. The Labute approximate surface area is 149 Å². The maximum Gasteiger partial charge on any atom is 0.251 e. The van der Waals surface area contributed by atoms with Gasteiger partial charge in [0.25, 0.3) is 5.91 Å². The molecule has 1 N–H and O–H groups in total. The number of fused-ring (bicyclic) bond motifs is 1. The van der Waals surface area contributed by atoms with E-state index in [4.69, 9.17) is 23.2 Å². The molecule has 120 valence electrons. The highest BCUT2D eigenvalue weighted by atomic mass is 35.5. The topological polar surface area (TPSA) is 46.9 Å². The van der Waals surface area contributed by atoms with E-state index in [0.717, 1.165) is 23.2 Å². The van der Waals surface area contributed by atoms with Gasteiger partial charge in [0, 0.05) is 35.8 Å². The number of halogens is 2. The number of rotatable bonds is 2. The fourth-order valence-electron chi connectivity index (χ4n) is 2.94. The van der Waals surface area contributed by atoms with Gasteiger partial charge in [-0.15, -0.1) is 0 Å². The number of amides is 1. The van der Waals surface area contributed by atoms with Crippen LogP contribution in [0.25, 0.3) is 17.1 Å². The van der Waals surface area contributed by atoms with Crippen LogP contribution in [0.15, 0.2) is 48.8 Å². The predicted molar refractivity (Wildman–Crippen MR) is 95.1 cm³/mol. The van der Waals surface area contributed by atoms with Crippen LogP contribution in [0.4, 0.5) is 0 Å². The zero-order chi connectivity index (χ0) is 16.7. The summed E-state index contributed by atoms with van der Waals surface area (Å²) in [6.45, 7) is 0.680. The van der Waals surface area contributed by atoms with E-state index in [0.29, 0.717) is 28.0 Å². The summed E-state index contributed by atoms with van der Waals surface area (Å²) >= 11 is 12.5. The molecule has 3 aromatic rings. The van der Waals surface area contributed by atoms with E-state index in [1.807, 2.05) is 41.1 Å². The van der Waals surface area contributed by atoms with Crippen molar-refractivity contribution in [2.75, 3.05) is 6.54 Å². The molecule has 2 heterocycles. The highest BCUT2D eigenvalue weighted by Gasteiger charge is 2.19. The van der Waals surface area contributed by atoms with Gasteiger partial charge in [0.1, 0.15) is 5.82 Å². The molecule has 0 radical (unpaired) electrons. The van der Waals surface area contributed by atoms with Crippen LogP contribution in [0.3, 0.4) is 0 Å². The third kappa shape index (κ3) is 2.48. The summed E-state index contributed by atoms with van der Waals surface area (Å²) in [6, 6.07) is 11.3. The van der Waals surface area contributed by atoms with Crippen molar-refractivity contribution in [1.29, 1.82) is 0 Å². The van der Waals surface area contributed by atoms with Crippen molar-refractivity contribution in [3.05, 3.63) is 70.0 Å². The Morgan fingerprint density at radius 2 is 2.00 bits per heavy atom. The number of aromatic nitrogens is 2. The maximum absolute atomic E-state index is 12.1. The van der Waals surface area contributed by atoms with Gasteiger partial charge in [-0.2, -0.15) is 0 Å². The SMILES string of the molecule is O=C1NCCc2ccc(-n3ccnc3-c3cccc(Cl)c3Cl)cc21. The molecule has 4 nitrogen and oxygen atoms in total. The number of nitrogens with zero attached hydrogens (tertiary/aromatic N) is 2. The van der Waals surface area contributed by atoms with E-state index in [-0.39, 0.29) is 5.91 Å². The highest BCUT2D eigenvalue weighted by molar-refractivity contribution is 6.43. The Kier molecular flexibility index (Phi) is 3.79. The first kappa shape index (κ1) is 15.2. The molecule has 4 rings (SSSR count). The van der Waals surface area contributed by atoms with Crippen LogP contribution in [0.2, 0.25) is 10.0 Å². The number of carbonyl (C=O) groups is 1. The number of benzene rings is 2. The van der Waals surface area contributed by atoms with E-state index < -0.39 is 0 Å². The Hall–Kier alpha value is -2.30. The van der Waals surface area contributed by atoms with Crippen LogP contribution in [0.5, 0.6) is 0 Å². The average molecular weight is 358 g/mol. The lowest BCUT2D eigenvalue weighted by molar-refractivity contribution is 0.0946. The van der Waals surface area contributed by atoms with Crippen molar-refractivity contribution in [1.82, 2.24) is 14.9 Å². The predicted octanol–water partition coefficient (Wildman–Crippen LogP) is 4.13. The van der Waals surface area contributed by atoms with Gasteiger partial charge in [-0.1, -0.05) is 35.3 Å². The van der Waals surface area contributed by atoms with Gasteiger partial charge < -0.3 is 5.32 Å². The first-order valence-electron chi connectivity index (χ1n) is 7.54. The zero-order valence-electron chi connectivity index (χ0n) is 12.6. The van der Waals surface area contributed by atoms with Gasteiger partial charge in [0.15, 0.2) is 0 Å². The first-order valence-corrected chi connectivity index (χ1v) is 8.30. The van der Waals surface area contributed by atoms with E-state index in [1.165, 1.54) is 0 Å². The van der Waals surface area contributed by atoms with Crippen LogP contribution < -0.4 is 5.32 Å². The highest BCUT2D eigenvalue weighted by Crippen LogP contribution is 2.33. The minimum Gasteiger partial charge on any atom is -0.352 e. The molecule has 0 spiro atoms. The molecular weight excluding hydrogens is 345 g/mol. The van der Waals surface area contributed by atoms with Crippen molar-refractivity contribution in [3.8, 4) is 17.1 Å². The molecule has 1 amide bonds. The minimum atomic E-state index is -0.0412. The Morgan fingerprint density at radius 3 is 2.88 bits per heavy atom. The summed E-state index contributed by atoms with van der Waals surface area (Å²) in [5.41, 5.74) is 3.37. The standard InChI is InChI=1S/C18H13Cl2N3O/c19-15-3-1-2-13(16(15)20)17-21-8-9-23(17)12-5-4-11-6-7-22-18(24)14(11)10-12/h1-5,8-10H,6-7H2,(H,22,24). The molecule has 0 atom stereocenters. The molecule has 1 aliphatic rings. The largest absolute Gasteiger partial charge is 0.352 e. The normalized spacial score (nSPS) is 13.5. The summed E-state index contributed by atoms with van der Waals surface area (Å²) in [5.74, 6) is 0.638. The fraction of sp³-hybridized carbons (Fsp3) is 0.111.